The molecule has 2 heterocycles. The molecule has 0 aliphatic carbocycles. The molecule has 0 N–H and O–H groups in total. The Morgan fingerprint density at radius 3 is 2.59 bits per heavy atom. The average molecular weight is 478 g/mol. The number of halogens is 2. The van der Waals surface area contributed by atoms with Crippen LogP contribution < -0.4 is 4.74 Å². The van der Waals surface area contributed by atoms with Gasteiger partial charge in [-0.1, -0.05) is 35.9 Å². The van der Waals surface area contributed by atoms with Gasteiger partial charge in [0.15, 0.2) is 0 Å². The van der Waals surface area contributed by atoms with E-state index >= 15 is 0 Å². The van der Waals surface area contributed by atoms with Crippen molar-refractivity contribution >= 4 is 28.5 Å². The van der Waals surface area contributed by atoms with E-state index in [1.807, 2.05) is 47.4 Å². The Hall–Kier alpha value is -3.38. The lowest BCUT2D eigenvalue weighted by Crippen LogP contribution is -2.24. The third-order valence-corrected chi connectivity index (χ3v) is 6.41. The predicted molar refractivity (Wildman–Crippen MR) is 130 cm³/mol. The van der Waals surface area contributed by atoms with Crippen molar-refractivity contribution in [1.82, 2.24) is 14.5 Å². The monoisotopic (exact) mass is 477 g/mol. The van der Waals surface area contributed by atoms with E-state index < -0.39 is 0 Å². The summed E-state index contributed by atoms with van der Waals surface area (Å²) in [5.41, 5.74) is 2.91. The zero-order chi connectivity index (χ0) is 23.5. The van der Waals surface area contributed by atoms with Crippen LogP contribution in [0.2, 0.25) is 5.02 Å². The van der Waals surface area contributed by atoms with Gasteiger partial charge in [0, 0.05) is 37.0 Å². The number of fused-ring (bicyclic) bond motifs is 1. The first-order valence-electron chi connectivity index (χ1n) is 11.4. The second-order valence-electron chi connectivity index (χ2n) is 8.57. The van der Waals surface area contributed by atoms with E-state index in [2.05, 4.69) is 10.6 Å². The lowest BCUT2D eigenvalue weighted by Gasteiger charge is -2.17. The van der Waals surface area contributed by atoms with E-state index in [0.29, 0.717) is 31.1 Å². The number of likely N-dealkylation sites (tertiary alicyclic amines) is 1. The van der Waals surface area contributed by atoms with Crippen LogP contribution >= 0.6 is 11.6 Å². The summed E-state index contributed by atoms with van der Waals surface area (Å²) in [6.45, 7) is 2.38. The molecule has 1 atom stereocenters. The molecule has 7 heteroatoms. The minimum Gasteiger partial charge on any atom is -0.494 e. The van der Waals surface area contributed by atoms with Crippen LogP contribution in [0.5, 0.6) is 5.75 Å². The van der Waals surface area contributed by atoms with Gasteiger partial charge >= 0.3 is 0 Å². The Morgan fingerprint density at radius 2 is 1.79 bits per heavy atom. The first-order chi connectivity index (χ1) is 16.6. The number of rotatable bonds is 8. The third-order valence-electron chi connectivity index (χ3n) is 6.16. The summed E-state index contributed by atoms with van der Waals surface area (Å²) < 4.78 is 21.3. The van der Waals surface area contributed by atoms with E-state index in [0.717, 1.165) is 41.1 Å². The average Bonchev–Trinajstić information content (AvgIpc) is 3.39. The molecule has 174 valence electrons. The van der Waals surface area contributed by atoms with Gasteiger partial charge in [0.25, 0.3) is 0 Å². The van der Waals surface area contributed by atoms with Crippen LogP contribution in [-0.4, -0.2) is 33.5 Å². The van der Waals surface area contributed by atoms with Crippen LogP contribution in [0.3, 0.4) is 0 Å². The lowest BCUT2D eigenvalue weighted by molar-refractivity contribution is -0.128. The molecule has 1 aliphatic rings. The quantitative estimate of drug-likeness (QED) is 0.301. The number of carbonyl (C=O) groups excluding carboxylic acids is 1. The Labute approximate surface area is 202 Å². The largest absolute Gasteiger partial charge is 0.494 e. The van der Waals surface area contributed by atoms with Crippen molar-refractivity contribution in [1.29, 1.82) is 0 Å². The Balaban J connectivity index is 1.30. The second kappa shape index (κ2) is 9.85. The molecule has 4 aromatic rings. The number of imidazole rings is 1. The van der Waals surface area contributed by atoms with Crippen molar-refractivity contribution in [3.05, 3.63) is 95.0 Å². The van der Waals surface area contributed by atoms with Gasteiger partial charge in [-0.2, -0.15) is 0 Å². The highest BCUT2D eigenvalue weighted by Gasteiger charge is 2.33. The maximum atomic E-state index is 13.2. The van der Waals surface area contributed by atoms with Crippen LogP contribution in [0.15, 0.2) is 72.8 Å². The van der Waals surface area contributed by atoms with Crippen molar-refractivity contribution in [2.45, 2.75) is 31.8 Å². The number of carbonyl (C=O) groups is 1. The highest BCUT2D eigenvalue weighted by molar-refractivity contribution is 6.30. The smallest absolute Gasteiger partial charge is 0.223 e. The van der Waals surface area contributed by atoms with Crippen molar-refractivity contribution in [2.75, 3.05) is 13.2 Å². The summed E-state index contributed by atoms with van der Waals surface area (Å²) >= 11 is 5.94. The summed E-state index contributed by atoms with van der Waals surface area (Å²) in [6.07, 6.45) is 1.22. The number of benzene rings is 3. The molecule has 1 unspecified atom stereocenters. The van der Waals surface area contributed by atoms with Gasteiger partial charge in [-0.3, -0.25) is 4.79 Å². The SMILES string of the molecule is O=C1CC(c2nc3ccccc3n2CCCOc2ccc(Cl)cc2)CN1Cc1ccc(F)cc1. The van der Waals surface area contributed by atoms with E-state index in [4.69, 9.17) is 21.3 Å². The molecule has 0 radical (unpaired) electrons. The zero-order valence-electron chi connectivity index (χ0n) is 18.7. The second-order valence-corrected chi connectivity index (χ2v) is 9.00. The number of ether oxygens (including phenoxy) is 1. The highest BCUT2D eigenvalue weighted by Crippen LogP contribution is 2.31. The number of aromatic nitrogens is 2. The van der Waals surface area contributed by atoms with Gasteiger partial charge in [-0.15, -0.1) is 0 Å². The fourth-order valence-corrected chi connectivity index (χ4v) is 4.62. The lowest BCUT2D eigenvalue weighted by atomic mass is 10.1. The van der Waals surface area contributed by atoms with Crippen molar-refractivity contribution < 1.29 is 13.9 Å². The predicted octanol–water partition coefficient (Wildman–Crippen LogP) is 5.81. The van der Waals surface area contributed by atoms with Crippen LogP contribution in [0.25, 0.3) is 11.0 Å². The van der Waals surface area contributed by atoms with Crippen molar-refractivity contribution in [3.63, 3.8) is 0 Å². The molecule has 1 fully saturated rings. The van der Waals surface area contributed by atoms with Crippen molar-refractivity contribution in [2.24, 2.45) is 0 Å². The van der Waals surface area contributed by atoms with Gasteiger partial charge < -0.3 is 14.2 Å². The number of nitrogens with zero attached hydrogens (tertiary/aromatic N) is 3. The summed E-state index contributed by atoms with van der Waals surface area (Å²) in [5.74, 6) is 1.56. The molecular weight excluding hydrogens is 453 g/mol. The van der Waals surface area contributed by atoms with E-state index in [1.165, 1.54) is 12.1 Å². The molecule has 34 heavy (non-hydrogen) atoms. The molecule has 3 aromatic carbocycles. The third kappa shape index (κ3) is 4.92. The normalized spacial score (nSPS) is 15.9. The minimum atomic E-state index is -0.275. The van der Waals surface area contributed by atoms with Crippen molar-refractivity contribution in [3.8, 4) is 5.75 Å². The van der Waals surface area contributed by atoms with Gasteiger partial charge in [-0.05, 0) is 60.5 Å². The first-order valence-corrected chi connectivity index (χ1v) is 11.8. The molecule has 1 aliphatic heterocycles. The number of aryl methyl sites for hydroxylation is 1. The number of hydrogen-bond acceptors (Lipinski definition) is 3. The molecule has 1 amide bonds. The van der Waals surface area contributed by atoms with Crippen LogP contribution in [0.1, 0.15) is 30.1 Å². The Kier molecular flexibility index (Phi) is 6.50. The standard InChI is InChI=1S/C27H25ClFN3O2/c28-21-8-12-23(13-9-21)34-15-3-14-32-25-5-2-1-4-24(25)30-27(32)20-16-26(33)31(18-20)17-19-6-10-22(29)11-7-19/h1-2,4-13,20H,3,14-18H2. The first kappa shape index (κ1) is 22.4. The van der Waals surface area contributed by atoms with Gasteiger partial charge in [-0.25, -0.2) is 9.37 Å². The van der Waals surface area contributed by atoms with E-state index in [-0.39, 0.29) is 17.6 Å². The van der Waals surface area contributed by atoms with Gasteiger partial charge in [0.2, 0.25) is 5.91 Å². The van der Waals surface area contributed by atoms with Crippen LogP contribution in [-0.2, 0) is 17.9 Å². The number of amides is 1. The molecular formula is C27H25ClFN3O2. The molecule has 0 spiro atoms. The van der Waals surface area contributed by atoms with Crippen LogP contribution in [0, 0.1) is 5.82 Å². The Bertz CT molecular complexity index is 1290. The number of hydrogen-bond donors (Lipinski definition) is 0. The minimum absolute atomic E-state index is 0.0116. The van der Waals surface area contributed by atoms with E-state index in [1.54, 1.807) is 12.1 Å². The molecule has 5 nitrogen and oxygen atoms in total. The molecule has 0 saturated carbocycles. The van der Waals surface area contributed by atoms with Gasteiger partial charge in [0.05, 0.1) is 17.6 Å². The summed E-state index contributed by atoms with van der Waals surface area (Å²) in [7, 11) is 0. The van der Waals surface area contributed by atoms with Gasteiger partial charge in [0.1, 0.15) is 17.4 Å². The fourth-order valence-electron chi connectivity index (χ4n) is 4.49. The maximum Gasteiger partial charge on any atom is 0.223 e. The van der Waals surface area contributed by atoms with E-state index in [9.17, 15) is 9.18 Å². The summed E-state index contributed by atoms with van der Waals surface area (Å²) in [5, 5.41) is 0.682. The zero-order valence-corrected chi connectivity index (χ0v) is 19.4. The maximum absolute atomic E-state index is 13.2. The molecule has 0 bridgehead atoms. The Morgan fingerprint density at radius 1 is 1.03 bits per heavy atom. The molecule has 1 aromatic heterocycles. The molecule has 1 saturated heterocycles. The topological polar surface area (TPSA) is 47.4 Å². The molecule has 5 rings (SSSR count). The fraction of sp³-hybridized carbons (Fsp3) is 0.259. The number of para-hydroxylation sites is 2. The summed E-state index contributed by atoms with van der Waals surface area (Å²) in [4.78, 5) is 19.5. The highest BCUT2D eigenvalue weighted by atomic mass is 35.5. The summed E-state index contributed by atoms with van der Waals surface area (Å²) in [6, 6.07) is 21.7. The van der Waals surface area contributed by atoms with Crippen LogP contribution in [0.4, 0.5) is 4.39 Å².